The lowest BCUT2D eigenvalue weighted by Crippen LogP contribution is -2.42. The van der Waals surface area contributed by atoms with Gasteiger partial charge in [-0.15, -0.1) is 0 Å². The van der Waals surface area contributed by atoms with Crippen LogP contribution < -0.4 is 10.6 Å². The van der Waals surface area contributed by atoms with Crippen molar-refractivity contribution in [3.8, 4) is 0 Å². The van der Waals surface area contributed by atoms with E-state index in [2.05, 4.69) is 37.7 Å². The zero-order chi connectivity index (χ0) is 18.7. The Balaban J connectivity index is 1.29. The number of benzene rings is 2. The number of aliphatic imine (C=N–C) groups is 1. The summed E-state index contributed by atoms with van der Waals surface area (Å²) in [5, 5.41) is 7.64. The number of H-pyrrole nitrogens is 1. The Bertz CT molecular complexity index is 925. The highest BCUT2D eigenvalue weighted by molar-refractivity contribution is 6.30. The van der Waals surface area contributed by atoms with Crippen molar-refractivity contribution in [3.63, 3.8) is 0 Å². The fourth-order valence-electron chi connectivity index (χ4n) is 3.43. The standard InChI is InChI=1S/C21H24ClN5/c1-23-20(24-12-9-19-26-17-7-2-3-8-18(17)27-19)25-14-21(10-11-21)15-5-4-6-16(22)13-15/h2-8,13H,9-12,14H2,1H3,(H,26,27)(H2,23,24,25). The first-order valence-corrected chi connectivity index (χ1v) is 9.71. The van der Waals surface area contributed by atoms with Crippen molar-refractivity contribution in [3.05, 3.63) is 64.9 Å². The third kappa shape index (κ3) is 4.08. The number of halogens is 1. The van der Waals surface area contributed by atoms with Gasteiger partial charge in [0.15, 0.2) is 5.96 Å². The van der Waals surface area contributed by atoms with Crippen LogP contribution in [-0.4, -0.2) is 36.1 Å². The molecule has 0 amide bonds. The molecule has 1 heterocycles. The lowest BCUT2D eigenvalue weighted by molar-refractivity contribution is 0.644. The van der Waals surface area contributed by atoms with E-state index in [1.54, 1.807) is 7.05 Å². The Morgan fingerprint density at radius 2 is 2.04 bits per heavy atom. The largest absolute Gasteiger partial charge is 0.356 e. The van der Waals surface area contributed by atoms with E-state index in [1.165, 1.54) is 18.4 Å². The zero-order valence-electron chi connectivity index (χ0n) is 15.4. The lowest BCUT2D eigenvalue weighted by atomic mass is 9.96. The summed E-state index contributed by atoms with van der Waals surface area (Å²) >= 11 is 6.16. The maximum Gasteiger partial charge on any atom is 0.191 e. The van der Waals surface area contributed by atoms with Gasteiger partial charge in [0, 0.05) is 37.0 Å². The fourth-order valence-corrected chi connectivity index (χ4v) is 3.62. The number of nitrogens with zero attached hydrogens (tertiary/aromatic N) is 2. The molecule has 27 heavy (non-hydrogen) atoms. The van der Waals surface area contributed by atoms with E-state index >= 15 is 0 Å². The smallest absolute Gasteiger partial charge is 0.191 e. The Morgan fingerprint density at radius 1 is 1.19 bits per heavy atom. The zero-order valence-corrected chi connectivity index (χ0v) is 16.2. The average molecular weight is 382 g/mol. The molecule has 0 unspecified atom stereocenters. The quantitative estimate of drug-likeness (QED) is 0.451. The van der Waals surface area contributed by atoms with E-state index in [-0.39, 0.29) is 5.41 Å². The Morgan fingerprint density at radius 3 is 2.78 bits per heavy atom. The number of nitrogens with one attached hydrogen (secondary N) is 3. The molecule has 140 valence electrons. The van der Waals surface area contributed by atoms with Gasteiger partial charge in [-0.1, -0.05) is 35.9 Å². The molecule has 1 aromatic heterocycles. The van der Waals surface area contributed by atoms with Crippen LogP contribution >= 0.6 is 11.6 Å². The summed E-state index contributed by atoms with van der Waals surface area (Å²) in [4.78, 5) is 12.3. The van der Waals surface area contributed by atoms with Crippen molar-refractivity contribution < 1.29 is 0 Å². The molecule has 5 nitrogen and oxygen atoms in total. The third-order valence-corrected chi connectivity index (χ3v) is 5.44. The highest BCUT2D eigenvalue weighted by atomic mass is 35.5. The van der Waals surface area contributed by atoms with E-state index in [0.29, 0.717) is 0 Å². The van der Waals surface area contributed by atoms with Crippen LogP contribution in [0.2, 0.25) is 5.02 Å². The summed E-state index contributed by atoms with van der Waals surface area (Å²) in [5.74, 6) is 1.80. The molecule has 3 N–H and O–H groups in total. The molecular formula is C21H24ClN5. The van der Waals surface area contributed by atoms with Gasteiger partial charge in [0.05, 0.1) is 11.0 Å². The van der Waals surface area contributed by atoms with E-state index in [4.69, 9.17) is 11.6 Å². The molecular weight excluding hydrogens is 358 g/mol. The van der Waals surface area contributed by atoms with Crippen molar-refractivity contribution in [2.24, 2.45) is 4.99 Å². The van der Waals surface area contributed by atoms with Crippen molar-refractivity contribution in [1.82, 2.24) is 20.6 Å². The molecule has 1 aliphatic carbocycles. The topological polar surface area (TPSA) is 65.1 Å². The summed E-state index contributed by atoms with van der Waals surface area (Å²) in [6, 6.07) is 16.3. The predicted molar refractivity (Wildman–Crippen MR) is 112 cm³/mol. The number of imidazole rings is 1. The van der Waals surface area contributed by atoms with Crippen molar-refractivity contribution >= 4 is 28.6 Å². The van der Waals surface area contributed by atoms with Crippen molar-refractivity contribution in [2.75, 3.05) is 20.1 Å². The first kappa shape index (κ1) is 17.9. The molecule has 0 atom stereocenters. The predicted octanol–water partition coefficient (Wildman–Crippen LogP) is 3.66. The van der Waals surface area contributed by atoms with Crippen molar-refractivity contribution in [1.29, 1.82) is 0 Å². The first-order valence-electron chi connectivity index (χ1n) is 9.33. The molecule has 6 heteroatoms. The lowest BCUT2D eigenvalue weighted by Gasteiger charge is -2.19. The molecule has 0 radical (unpaired) electrons. The third-order valence-electron chi connectivity index (χ3n) is 5.20. The Hall–Kier alpha value is -2.53. The minimum atomic E-state index is 0.182. The van der Waals surface area contributed by atoms with Crippen LogP contribution in [0.3, 0.4) is 0 Å². The average Bonchev–Trinajstić information content (AvgIpc) is 3.36. The fraction of sp³-hybridized carbons (Fsp3) is 0.333. The molecule has 0 spiro atoms. The summed E-state index contributed by atoms with van der Waals surface area (Å²) < 4.78 is 0. The normalized spacial score (nSPS) is 15.7. The molecule has 3 aromatic rings. The van der Waals surface area contributed by atoms with E-state index in [9.17, 15) is 0 Å². The van der Waals surface area contributed by atoms with Gasteiger partial charge < -0.3 is 15.6 Å². The SMILES string of the molecule is CN=C(NCCc1nc2ccccc2[nH]1)NCC1(c2cccc(Cl)c2)CC1. The van der Waals surface area contributed by atoms with Crippen LogP contribution in [0.4, 0.5) is 0 Å². The van der Waals surface area contributed by atoms with Crippen LogP contribution in [-0.2, 0) is 11.8 Å². The number of guanidine groups is 1. The number of hydrogen-bond donors (Lipinski definition) is 3. The van der Waals surface area contributed by atoms with Gasteiger partial charge >= 0.3 is 0 Å². The summed E-state index contributed by atoms with van der Waals surface area (Å²) in [7, 11) is 1.80. The number of para-hydroxylation sites is 2. The second-order valence-electron chi connectivity index (χ2n) is 7.09. The highest BCUT2D eigenvalue weighted by Crippen LogP contribution is 2.48. The van der Waals surface area contributed by atoms with Gasteiger partial charge in [0.1, 0.15) is 5.82 Å². The number of aromatic amines is 1. The molecule has 1 fully saturated rings. The number of hydrogen-bond acceptors (Lipinski definition) is 2. The molecule has 4 rings (SSSR count). The van der Waals surface area contributed by atoms with E-state index < -0.39 is 0 Å². The summed E-state index contributed by atoms with van der Waals surface area (Å²) in [5.41, 5.74) is 3.57. The first-order chi connectivity index (χ1) is 13.2. The van der Waals surface area contributed by atoms with Crippen LogP contribution in [0.15, 0.2) is 53.5 Å². The Kier molecular flexibility index (Phi) is 5.03. The van der Waals surface area contributed by atoms with E-state index in [0.717, 1.165) is 47.4 Å². The molecule has 1 saturated carbocycles. The summed E-state index contributed by atoms with van der Waals surface area (Å²) in [6.45, 7) is 1.63. The second-order valence-corrected chi connectivity index (χ2v) is 7.53. The molecule has 1 aliphatic rings. The van der Waals surface area contributed by atoms with Gasteiger partial charge in [-0.3, -0.25) is 4.99 Å². The highest BCUT2D eigenvalue weighted by Gasteiger charge is 2.44. The number of rotatable bonds is 6. The molecule has 0 bridgehead atoms. The van der Waals surface area contributed by atoms with Crippen molar-refractivity contribution in [2.45, 2.75) is 24.7 Å². The molecule has 0 aliphatic heterocycles. The number of fused-ring (bicyclic) bond motifs is 1. The maximum absolute atomic E-state index is 6.16. The van der Waals surface area contributed by atoms with Crippen LogP contribution in [0.5, 0.6) is 0 Å². The van der Waals surface area contributed by atoms with Crippen LogP contribution in [0.1, 0.15) is 24.2 Å². The van der Waals surface area contributed by atoms with Gasteiger partial charge in [-0.2, -0.15) is 0 Å². The van der Waals surface area contributed by atoms with Gasteiger partial charge in [-0.05, 0) is 42.7 Å². The molecule has 2 aromatic carbocycles. The second kappa shape index (κ2) is 7.61. The molecule has 0 saturated heterocycles. The van der Waals surface area contributed by atoms with Crippen LogP contribution in [0, 0.1) is 0 Å². The maximum atomic E-state index is 6.16. The number of aromatic nitrogens is 2. The monoisotopic (exact) mass is 381 g/mol. The van der Waals surface area contributed by atoms with Gasteiger partial charge in [0.2, 0.25) is 0 Å². The Labute approximate surface area is 164 Å². The van der Waals surface area contributed by atoms with Crippen LogP contribution in [0.25, 0.3) is 11.0 Å². The van der Waals surface area contributed by atoms with E-state index in [1.807, 2.05) is 36.4 Å². The van der Waals surface area contributed by atoms with Gasteiger partial charge in [0.25, 0.3) is 0 Å². The minimum absolute atomic E-state index is 0.182. The summed E-state index contributed by atoms with van der Waals surface area (Å²) in [6.07, 6.45) is 3.17. The van der Waals surface area contributed by atoms with Gasteiger partial charge in [-0.25, -0.2) is 4.98 Å². The minimum Gasteiger partial charge on any atom is -0.356 e.